The number of thioether (sulfide) groups is 1. The second kappa shape index (κ2) is 11.2. The normalized spacial score (nSPS) is 14.4. The van der Waals surface area contributed by atoms with Gasteiger partial charge in [-0.3, -0.25) is 19.8 Å². The van der Waals surface area contributed by atoms with Crippen LogP contribution in [0.3, 0.4) is 0 Å². The van der Waals surface area contributed by atoms with Crippen LogP contribution in [0.1, 0.15) is 23.6 Å². The molecule has 0 spiro atoms. The quantitative estimate of drug-likeness (QED) is 0.153. The van der Waals surface area contributed by atoms with E-state index >= 15 is 0 Å². The Morgan fingerprint density at radius 1 is 1.00 bits per heavy atom. The Hall–Kier alpha value is -3.69. The van der Waals surface area contributed by atoms with Crippen LogP contribution in [-0.2, 0) is 17.9 Å². The lowest BCUT2D eigenvalue weighted by Crippen LogP contribution is -2.27. The van der Waals surface area contributed by atoms with Gasteiger partial charge in [0.15, 0.2) is 11.5 Å². The van der Waals surface area contributed by atoms with Gasteiger partial charge < -0.3 is 9.47 Å². The number of carbonyl (C=O) groups is 1. The summed E-state index contributed by atoms with van der Waals surface area (Å²) >= 11 is 6.73. The first-order chi connectivity index (χ1) is 16.9. The fourth-order valence-corrected chi connectivity index (χ4v) is 4.69. The topological polar surface area (TPSA) is 81.9 Å². The van der Waals surface area contributed by atoms with Crippen LogP contribution in [0.5, 0.6) is 11.5 Å². The highest BCUT2D eigenvalue weighted by Gasteiger charge is 2.32. The second-order valence-electron chi connectivity index (χ2n) is 7.60. The number of nitro benzene ring substituents is 1. The summed E-state index contributed by atoms with van der Waals surface area (Å²) in [6.45, 7) is 2.98. The van der Waals surface area contributed by atoms with Gasteiger partial charge in [-0.1, -0.05) is 60.4 Å². The molecule has 0 radical (unpaired) electrons. The Kier molecular flexibility index (Phi) is 7.79. The van der Waals surface area contributed by atoms with Crippen molar-refractivity contribution in [2.75, 3.05) is 6.61 Å². The average molecular weight is 507 g/mol. The molecule has 3 aromatic rings. The van der Waals surface area contributed by atoms with Gasteiger partial charge in [0.2, 0.25) is 0 Å². The van der Waals surface area contributed by atoms with Gasteiger partial charge in [0.25, 0.3) is 11.6 Å². The number of rotatable bonds is 9. The van der Waals surface area contributed by atoms with Crippen molar-refractivity contribution in [3.63, 3.8) is 0 Å². The highest BCUT2D eigenvalue weighted by molar-refractivity contribution is 8.26. The van der Waals surface area contributed by atoms with E-state index in [4.69, 9.17) is 21.7 Å². The highest BCUT2D eigenvalue weighted by Crippen LogP contribution is 2.36. The molecule has 35 heavy (non-hydrogen) atoms. The van der Waals surface area contributed by atoms with Crippen molar-refractivity contribution in [2.24, 2.45) is 0 Å². The summed E-state index contributed by atoms with van der Waals surface area (Å²) in [5.41, 5.74) is 2.63. The minimum Gasteiger partial charge on any atom is -0.490 e. The van der Waals surface area contributed by atoms with Gasteiger partial charge in [-0.25, -0.2) is 0 Å². The number of ether oxygens (including phenoxy) is 2. The maximum atomic E-state index is 13.0. The van der Waals surface area contributed by atoms with E-state index in [-0.39, 0.29) is 18.2 Å². The lowest BCUT2D eigenvalue weighted by atomic mass is 10.1. The molecule has 9 heteroatoms. The number of hydrogen-bond acceptors (Lipinski definition) is 7. The van der Waals surface area contributed by atoms with Crippen LogP contribution in [0.15, 0.2) is 77.7 Å². The predicted octanol–water partition coefficient (Wildman–Crippen LogP) is 5.97. The number of benzene rings is 3. The van der Waals surface area contributed by atoms with Crippen LogP contribution in [0.25, 0.3) is 6.08 Å². The largest absolute Gasteiger partial charge is 0.490 e. The minimum absolute atomic E-state index is 0.0299. The first kappa shape index (κ1) is 24.4. The van der Waals surface area contributed by atoms with Crippen LogP contribution in [-0.4, -0.2) is 26.7 Å². The van der Waals surface area contributed by atoms with Gasteiger partial charge in [-0.05, 0) is 54.0 Å². The Morgan fingerprint density at radius 3 is 2.43 bits per heavy atom. The fourth-order valence-electron chi connectivity index (χ4n) is 3.43. The van der Waals surface area contributed by atoms with Crippen molar-refractivity contribution in [3.8, 4) is 11.5 Å². The molecule has 1 amide bonds. The van der Waals surface area contributed by atoms with Gasteiger partial charge in [-0.15, -0.1) is 0 Å². The zero-order chi connectivity index (χ0) is 24.8. The van der Waals surface area contributed by atoms with E-state index in [9.17, 15) is 14.9 Å². The van der Waals surface area contributed by atoms with Crippen molar-refractivity contribution in [1.82, 2.24) is 4.90 Å². The van der Waals surface area contributed by atoms with E-state index in [2.05, 4.69) is 0 Å². The van der Waals surface area contributed by atoms with Gasteiger partial charge >= 0.3 is 0 Å². The molecule has 0 aliphatic carbocycles. The molecular formula is C26H22N2O5S2. The molecule has 7 nitrogen and oxygen atoms in total. The SMILES string of the molecule is CCOc1cc(/C=C2/SC(=S)N(Cc3ccccc3)C2=O)ccc1OCc1ccc([N+](=O)[O-])cc1. The number of nitro groups is 1. The third-order valence-electron chi connectivity index (χ3n) is 5.16. The summed E-state index contributed by atoms with van der Waals surface area (Å²) in [7, 11) is 0. The smallest absolute Gasteiger partial charge is 0.269 e. The standard InChI is InChI=1S/C26H22N2O5S2/c1-2-32-23-14-20(10-13-22(23)33-17-19-8-11-21(12-9-19)28(30)31)15-24-25(29)27(26(34)35-24)16-18-6-4-3-5-7-18/h3-15H,2,16-17H2,1H3/b24-15+. The molecule has 3 aromatic carbocycles. The van der Waals surface area contributed by atoms with E-state index in [1.807, 2.05) is 49.4 Å². The number of nitrogens with zero attached hydrogens (tertiary/aromatic N) is 2. The molecule has 0 saturated carbocycles. The summed E-state index contributed by atoms with van der Waals surface area (Å²) in [5.74, 6) is 0.960. The number of non-ortho nitro benzene ring substituents is 1. The molecule has 1 fully saturated rings. The lowest BCUT2D eigenvalue weighted by Gasteiger charge is -2.14. The van der Waals surface area contributed by atoms with Gasteiger partial charge in [0.05, 0.1) is 23.0 Å². The third-order valence-corrected chi connectivity index (χ3v) is 6.54. The Balaban J connectivity index is 1.48. The summed E-state index contributed by atoms with van der Waals surface area (Å²) in [5, 5.41) is 10.8. The molecule has 1 aliphatic heterocycles. The molecule has 0 bridgehead atoms. The van der Waals surface area contributed by atoms with Crippen molar-refractivity contribution in [3.05, 3.63) is 105 Å². The molecule has 1 saturated heterocycles. The molecule has 0 aromatic heterocycles. The molecule has 0 N–H and O–H groups in total. The molecule has 0 atom stereocenters. The Morgan fingerprint density at radius 2 is 1.74 bits per heavy atom. The molecule has 0 unspecified atom stereocenters. The molecule has 1 heterocycles. The maximum Gasteiger partial charge on any atom is 0.269 e. The van der Waals surface area contributed by atoms with E-state index in [0.717, 1.165) is 16.7 Å². The number of carbonyl (C=O) groups excluding carboxylic acids is 1. The van der Waals surface area contributed by atoms with Crippen molar-refractivity contribution in [1.29, 1.82) is 0 Å². The number of hydrogen-bond donors (Lipinski definition) is 0. The monoisotopic (exact) mass is 506 g/mol. The molecule has 178 valence electrons. The first-order valence-electron chi connectivity index (χ1n) is 10.9. The van der Waals surface area contributed by atoms with Crippen LogP contribution in [0.2, 0.25) is 0 Å². The second-order valence-corrected chi connectivity index (χ2v) is 9.28. The maximum absolute atomic E-state index is 13.0. The van der Waals surface area contributed by atoms with Gasteiger partial charge in [0, 0.05) is 12.1 Å². The molecule has 4 rings (SSSR count). The summed E-state index contributed by atoms with van der Waals surface area (Å²) < 4.78 is 12.2. The van der Waals surface area contributed by atoms with Crippen LogP contribution in [0, 0.1) is 10.1 Å². The summed E-state index contributed by atoms with van der Waals surface area (Å²) in [6, 6.07) is 21.4. The van der Waals surface area contributed by atoms with E-state index < -0.39 is 4.92 Å². The van der Waals surface area contributed by atoms with Crippen molar-refractivity contribution < 1.29 is 19.2 Å². The van der Waals surface area contributed by atoms with Crippen molar-refractivity contribution in [2.45, 2.75) is 20.1 Å². The van der Waals surface area contributed by atoms with Crippen LogP contribution in [0.4, 0.5) is 5.69 Å². The van der Waals surface area contributed by atoms with E-state index in [1.165, 1.54) is 23.9 Å². The number of amides is 1. The third kappa shape index (κ3) is 6.06. The van der Waals surface area contributed by atoms with Crippen LogP contribution >= 0.6 is 24.0 Å². The average Bonchev–Trinajstić information content (AvgIpc) is 3.12. The highest BCUT2D eigenvalue weighted by atomic mass is 32.2. The fraction of sp³-hybridized carbons (Fsp3) is 0.154. The predicted molar refractivity (Wildman–Crippen MR) is 140 cm³/mol. The molecule has 1 aliphatic rings. The zero-order valence-electron chi connectivity index (χ0n) is 18.9. The van der Waals surface area contributed by atoms with E-state index in [1.54, 1.807) is 29.2 Å². The summed E-state index contributed by atoms with van der Waals surface area (Å²) in [4.78, 5) is 25.5. The van der Waals surface area contributed by atoms with E-state index in [0.29, 0.717) is 33.9 Å². The number of thiocarbonyl (C=S) groups is 1. The zero-order valence-corrected chi connectivity index (χ0v) is 20.5. The summed E-state index contributed by atoms with van der Waals surface area (Å²) in [6.07, 6.45) is 1.80. The van der Waals surface area contributed by atoms with Crippen LogP contribution < -0.4 is 9.47 Å². The van der Waals surface area contributed by atoms with Crippen molar-refractivity contribution >= 4 is 46.0 Å². The minimum atomic E-state index is -0.438. The lowest BCUT2D eigenvalue weighted by molar-refractivity contribution is -0.384. The van der Waals surface area contributed by atoms with Gasteiger partial charge in [-0.2, -0.15) is 0 Å². The Labute approximate surface area is 212 Å². The van der Waals surface area contributed by atoms with Gasteiger partial charge in [0.1, 0.15) is 10.9 Å². The molecular weight excluding hydrogens is 484 g/mol. The Bertz CT molecular complexity index is 1280. The first-order valence-corrected chi connectivity index (χ1v) is 12.1.